The second-order valence-electron chi connectivity index (χ2n) is 5.02. The molecule has 0 aliphatic heterocycles. The molecule has 9 heteroatoms. The number of benzene rings is 1. The van der Waals surface area contributed by atoms with Crippen molar-refractivity contribution >= 4 is 28.8 Å². The van der Waals surface area contributed by atoms with E-state index in [1.807, 2.05) is 36.6 Å². The van der Waals surface area contributed by atoms with Crippen LogP contribution in [0.1, 0.15) is 5.56 Å². The summed E-state index contributed by atoms with van der Waals surface area (Å²) < 4.78 is 6.79. The molecule has 4 rings (SSSR count). The zero-order valence-corrected chi connectivity index (χ0v) is 14.0. The molecule has 0 atom stereocenters. The summed E-state index contributed by atoms with van der Waals surface area (Å²) in [6, 6.07) is 9.32. The lowest BCUT2D eigenvalue weighted by molar-refractivity contribution is 0.431. The predicted molar refractivity (Wildman–Crippen MR) is 92.1 cm³/mol. The van der Waals surface area contributed by atoms with Gasteiger partial charge in [-0.25, -0.2) is 0 Å². The number of hydrogen-bond donors (Lipinski definition) is 1. The highest BCUT2D eigenvalue weighted by Gasteiger charge is 2.21. The van der Waals surface area contributed by atoms with E-state index in [0.717, 1.165) is 16.1 Å². The van der Waals surface area contributed by atoms with Crippen LogP contribution in [0.3, 0.4) is 0 Å². The van der Waals surface area contributed by atoms with Gasteiger partial charge in [0.1, 0.15) is 0 Å². The molecule has 0 amide bonds. The number of aromatic nitrogens is 5. The van der Waals surface area contributed by atoms with Crippen LogP contribution in [0.5, 0.6) is 0 Å². The molecule has 24 heavy (non-hydrogen) atoms. The molecule has 0 aliphatic rings. The summed E-state index contributed by atoms with van der Waals surface area (Å²) in [5.41, 5.74) is 8.12. The number of rotatable bonds is 3. The summed E-state index contributed by atoms with van der Waals surface area (Å²) in [6.07, 6.45) is 0. The SMILES string of the molecule is Cc1c(Cl)cccc1-n1nnc(-c2nc(-c3cccs3)no2)c1N. The highest BCUT2D eigenvalue weighted by Crippen LogP contribution is 2.29. The number of nitrogen functional groups attached to an aromatic ring is 1. The molecule has 0 aliphatic carbocycles. The normalized spacial score (nSPS) is 11.1. The van der Waals surface area contributed by atoms with E-state index in [2.05, 4.69) is 20.5 Å². The van der Waals surface area contributed by atoms with Gasteiger partial charge < -0.3 is 10.3 Å². The second-order valence-corrected chi connectivity index (χ2v) is 6.37. The van der Waals surface area contributed by atoms with Crippen LogP contribution in [0.25, 0.3) is 28.0 Å². The summed E-state index contributed by atoms with van der Waals surface area (Å²) in [6.45, 7) is 1.89. The quantitative estimate of drug-likeness (QED) is 0.601. The predicted octanol–water partition coefficient (Wildman–Crippen LogP) is 3.59. The molecule has 0 fully saturated rings. The molecule has 2 N–H and O–H groups in total. The maximum atomic E-state index is 6.18. The van der Waals surface area contributed by atoms with Gasteiger partial charge in [-0.15, -0.1) is 16.4 Å². The molecular formula is C15H11ClN6OS. The Morgan fingerprint density at radius 3 is 2.92 bits per heavy atom. The molecule has 4 aromatic rings. The Hall–Kier alpha value is -2.71. The van der Waals surface area contributed by atoms with Crippen molar-refractivity contribution in [3.05, 3.63) is 46.3 Å². The molecule has 3 heterocycles. The number of nitrogens with two attached hydrogens (primary N) is 1. The van der Waals surface area contributed by atoms with E-state index >= 15 is 0 Å². The lowest BCUT2D eigenvalue weighted by atomic mass is 10.2. The summed E-state index contributed by atoms with van der Waals surface area (Å²) in [5.74, 6) is 1.02. The van der Waals surface area contributed by atoms with Gasteiger partial charge in [0, 0.05) is 5.02 Å². The third-order valence-electron chi connectivity index (χ3n) is 3.54. The third-order valence-corrected chi connectivity index (χ3v) is 4.82. The van der Waals surface area contributed by atoms with Gasteiger partial charge in [-0.3, -0.25) is 0 Å². The molecule has 1 aromatic carbocycles. The zero-order valence-electron chi connectivity index (χ0n) is 12.5. The topological polar surface area (TPSA) is 95.6 Å². The van der Waals surface area contributed by atoms with Crippen molar-refractivity contribution in [2.24, 2.45) is 0 Å². The van der Waals surface area contributed by atoms with Crippen LogP contribution in [0.4, 0.5) is 5.82 Å². The molecular weight excluding hydrogens is 348 g/mol. The average molecular weight is 359 g/mol. The molecule has 0 bridgehead atoms. The molecule has 0 saturated carbocycles. The fourth-order valence-electron chi connectivity index (χ4n) is 2.27. The number of thiophene rings is 1. The monoisotopic (exact) mass is 358 g/mol. The van der Waals surface area contributed by atoms with E-state index in [9.17, 15) is 0 Å². The lowest BCUT2D eigenvalue weighted by Gasteiger charge is -2.07. The Morgan fingerprint density at radius 1 is 1.25 bits per heavy atom. The standard InChI is InChI=1S/C15H11ClN6OS/c1-8-9(16)4-2-5-10(8)22-13(17)12(19-21-22)15-18-14(20-23-15)11-6-3-7-24-11/h2-7H,17H2,1H3. The van der Waals surface area contributed by atoms with Gasteiger partial charge >= 0.3 is 0 Å². The maximum absolute atomic E-state index is 6.18. The van der Waals surface area contributed by atoms with Crippen molar-refractivity contribution in [1.29, 1.82) is 0 Å². The Bertz CT molecular complexity index is 1010. The van der Waals surface area contributed by atoms with Crippen LogP contribution < -0.4 is 5.73 Å². The van der Waals surface area contributed by atoms with Crippen LogP contribution in [0.2, 0.25) is 5.02 Å². The van der Waals surface area contributed by atoms with Gasteiger partial charge in [0.05, 0.1) is 10.6 Å². The van der Waals surface area contributed by atoms with Crippen molar-refractivity contribution in [3.8, 4) is 28.0 Å². The van der Waals surface area contributed by atoms with Crippen molar-refractivity contribution in [1.82, 2.24) is 25.1 Å². The Morgan fingerprint density at radius 2 is 2.12 bits per heavy atom. The highest BCUT2D eigenvalue weighted by molar-refractivity contribution is 7.13. The van der Waals surface area contributed by atoms with E-state index in [1.165, 1.54) is 16.0 Å². The van der Waals surface area contributed by atoms with Gasteiger partial charge in [-0.2, -0.15) is 9.67 Å². The van der Waals surface area contributed by atoms with Gasteiger partial charge in [0.15, 0.2) is 11.5 Å². The van der Waals surface area contributed by atoms with Gasteiger partial charge in [0.25, 0.3) is 5.89 Å². The van der Waals surface area contributed by atoms with Crippen molar-refractivity contribution in [2.75, 3.05) is 5.73 Å². The maximum Gasteiger partial charge on any atom is 0.282 e. The van der Waals surface area contributed by atoms with E-state index in [4.69, 9.17) is 21.9 Å². The van der Waals surface area contributed by atoms with E-state index in [0.29, 0.717) is 22.4 Å². The number of anilines is 1. The summed E-state index contributed by atoms with van der Waals surface area (Å²) in [7, 11) is 0. The first kappa shape index (κ1) is 14.9. The van der Waals surface area contributed by atoms with Crippen molar-refractivity contribution in [2.45, 2.75) is 6.92 Å². The minimum atomic E-state index is 0.224. The summed E-state index contributed by atoms with van der Waals surface area (Å²) in [5, 5.41) is 14.7. The van der Waals surface area contributed by atoms with E-state index in [1.54, 1.807) is 6.07 Å². The second kappa shape index (κ2) is 5.73. The fourth-order valence-corrected chi connectivity index (χ4v) is 3.09. The molecule has 3 aromatic heterocycles. The van der Waals surface area contributed by atoms with Crippen LogP contribution in [-0.4, -0.2) is 25.1 Å². The lowest BCUT2D eigenvalue weighted by Crippen LogP contribution is -2.04. The Labute approximate surface area is 145 Å². The average Bonchev–Trinajstić information content (AvgIpc) is 3.30. The number of hydrogen-bond acceptors (Lipinski definition) is 7. The van der Waals surface area contributed by atoms with Crippen molar-refractivity contribution in [3.63, 3.8) is 0 Å². The highest BCUT2D eigenvalue weighted by atomic mass is 35.5. The van der Waals surface area contributed by atoms with Crippen LogP contribution in [0.15, 0.2) is 40.2 Å². The molecule has 120 valence electrons. The summed E-state index contributed by atoms with van der Waals surface area (Å²) >= 11 is 7.68. The fraction of sp³-hybridized carbons (Fsp3) is 0.0667. The largest absolute Gasteiger partial charge is 0.382 e. The number of halogens is 1. The first-order valence-electron chi connectivity index (χ1n) is 7.00. The molecule has 0 radical (unpaired) electrons. The van der Waals surface area contributed by atoms with Crippen LogP contribution in [0, 0.1) is 6.92 Å². The smallest absolute Gasteiger partial charge is 0.282 e. The molecule has 7 nitrogen and oxygen atoms in total. The minimum absolute atomic E-state index is 0.224. The first-order chi connectivity index (χ1) is 11.6. The van der Waals surface area contributed by atoms with Gasteiger partial charge in [-0.05, 0) is 36.1 Å². The zero-order chi connectivity index (χ0) is 16.7. The van der Waals surface area contributed by atoms with Gasteiger partial charge in [0.2, 0.25) is 5.82 Å². The van der Waals surface area contributed by atoms with E-state index < -0.39 is 0 Å². The minimum Gasteiger partial charge on any atom is -0.382 e. The Kier molecular flexibility index (Phi) is 3.55. The first-order valence-corrected chi connectivity index (χ1v) is 8.25. The van der Waals surface area contributed by atoms with E-state index in [-0.39, 0.29) is 5.89 Å². The Balaban J connectivity index is 1.76. The van der Waals surface area contributed by atoms with Crippen molar-refractivity contribution < 1.29 is 4.52 Å². The van der Waals surface area contributed by atoms with Gasteiger partial charge in [-0.1, -0.05) is 34.1 Å². The molecule has 0 spiro atoms. The van der Waals surface area contributed by atoms with Crippen LogP contribution >= 0.6 is 22.9 Å². The number of nitrogens with zero attached hydrogens (tertiary/aromatic N) is 5. The molecule has 0 saturated heterocycles. The molecule has 0 unspecified atom stereocenters. The van der Waals surface area contributed by atoms with Crippen LogP contribution in [-0.2, 0) is 0 Å². The summed E-state index contributed by atoms with van der Waals surface area (Å²) in [4.78, 5) is 5.25. The third kappa shape index (κ3) is 2.36.